The second-order valence-corrected chi connectivity index (χ2v) is 5.39. The van der Waals surface area contributed by atoms with Gasteiger partial charge in [0.2, 0.25) is 0 Å². The maximum Gasteiger partial charge on any atom is 0.128 e. The minimum Gasteiger partial charge on any atom is -0.496 e. The molecule has 0 aromatic carbocycles. The van der Waals surface area contributed by atoms with Crippen LogP contribution in [-0.2, 0) is 6.42 Å². The first-order chi connectivity index (χ1) is 9.10. The highest BCUT2D eigenvalue weighted by Gasteiger charge is 2.12. The molecule has 1 aromatic rings. The Labute approximate surface area is 117 Å². The molecular weight excluding hydrogens is 236 g/mol. The van der Waals surface area contributed by atoms with Crippen LogP contribution in [0.1, 0.15) is 43.5 Å². The SMILES string of the molecule is CCCNCCC(C)Cc1ncc(C)c(OC)c1C. The number of methoxy groups -OCH3 is 1. The summed E-state index contributed by atoms with van der Waals surface area (Å²) in [6.45, 7) is 10.8. The fourth-order valence-electron chi connectivity index (χ4n) is 2.36. The van der Waals surface area contributed by atoms with E-state index in [2.05, 4.69) is 31.1 Å². The van der Waals surface area contributed by atoms with Crippen molar-refractivity contribution in [3.8, 4) is 5.75 Å². The lowest BCUT2D eigenvalue weighted by Gasteiger charge is -2.16. The van der Waals surface area contributed by atoms with Crippen molar-refractivity contribution in [2.45, 2.75) is 47.0 Å². The van der Waals surface area contributed by atoms with Gasteiger partial charge in [-0.3, -0.25) is 4.98 Å². The minimum atomic E-state index is 0.642. The second-order valence-electron chi connectivity index (χ2n) is 5.39. The van der Waals surface area contributed by atoms with Crippen LogP contribution in [0.4, 0.5) is 0 Å². The molecule has 1 unspecified atom stereocenters. The van der Waals surface area contributed by atoms with Crippen molar-refractivity contribution in [1.82, 2.24) is 10.3 Å². The Balaban J connectivity index is 2.57. The number of aromatic nitrogens is 1. The quantitative estimate of drug-likeness (QED) is 0.732. The lowest BCUT2D eigenvalue weighted by Crippen LogP contribution is -2.19. The monoisotopic (exact) mass is 264 g/mol. The van der Waals surface area contributed by atoms with E-state index in [4.69, 9.17) is 4.74 Å². The van der Waals surface area contributed by atoms with E-state index in [0.717, 1.165) is 30.8 Å². The van der Waals surface area contributed by atoms with Crippen LogP contribution >= 0.6 is 0 Å². The van der Waals surface area contributed by atoms with Gasteiger partial charge in [0.15, 0.2) is 0 Å². The molecule has 108 valence electrons. The van der Waals surface area contributed by atoms with Gasteiger partial charge >= 0.3 is 0 Å². The Kier molecular flexibility index (Phi) is 6.85. The van der Waals surface area contributed by atoms with Gasteiger partial charge in [0.25, 0.3) is 0 Å². The predicted molar refractivity (Wildman–Crippen MR) is 80.9 cm³/mol. The zero-order valence-corrected chi connectivity index (χ0v) is 13.0. The summed E-state index contributed by atoms with van der Waals surface area (Å²) in [6.07, 6.45) is 5.33. The van der Waals surface area contributed by atoms with Gasteiger partial charge in [0.05, 0.1) is 7.11 Å². The molecule has 0 saturated heterocycles. The molecular formula is C16H28N2O. The molecule has 0 aliphatic heterocycles. The summed E-state index contributed by atoms with van der Waals surface area (Å²) in [7, 11) is 1.73. The van der Waals surface area contributed by atoms with Gasteiger partial charge in [-0.2, -0.15) is 0 Å². The van der Waals surface area contributed by atoms with Crippen molar-refractivity contribution in [2.75, 3.05) is 20.2 Å². The first kappa shape index (κ1) is 16.0. The molecule has 1 heterocycles. The molecule has 0 aliphatic rings. The minimum absolute atomic E-state index is 0.642. The van der Waals surface area contributed by atoms with Crippen LogP contribution in [0.3, 0.4) is 0 Å². The summed E-state index contributed by atoms with van der Waals surface area (Å²) in [5.41, 5.74) is 3.47. The average molecular weight is 264 g/mol. The third-order valence-electron chi connectivity index (χ3n) is 3.53. The van der Waals surface area contributed by atoms with Crippen LogP contribution in [0.25, 0.3) is 0 Å². The summed E-state index contributed by atoms with van der Waals surface area (Å²) in [5, 5.41) is 3.45. The number of hydrogen-bond acceptors (Lipinski definition) is 3. The van der Waals surface area contributed by atoms with Gasteiger partial charge in [0.1, 0.15) is 5.75 Å². The highest BCUT2D eigenvalue weighted by Crippen LogP contribution is 2.25. The number of ether oxygens (including phenoxy) is 1. The Morgan fingerprint density at radius 1 is 1.32 bits per heavy atom. The lowest BCUT2D eigenvalue weighted by atomic mass is 9.98. The maximum atomic E-state index is 5.46. The standard InChI is InChI=1S/C16H28N2O/c1-6-8-17-9-7-12(2)10-15-14(4)16(19-5)13(3)11-18-15/h11-12,17H,6-10H2,1-5H3. The Morgan fingerprint density at radius 3 is 2.68 bits per heavy atom. The highest BCUT2D eigenvalue weighted by molar-refractivity contribution is 5.41. The van der Waals surface area contributed by atoms with Gasteiger partial charge in [-0.1, -0.05) is 13.8 Å². The van der Waals surface area contributed by atoms with E-state index in [1.165, 1.54) is 24.1 Å². The summed E-state index contributed by atoms with van der Waals surface area (Å²) in [4.78, 5) is 4.57. The van der Waals surface area contributed by atoms with Crippen LogP contribution in [0.2, 0.25) is 0 Å². The molecule has 0 radical (unpaired) electrons. The highest BCUT2D eigenvalue weighted by atomic mass is 16.5. The van der Waals surface area contributed by atoms with E-state index in [0.29, 0.717) is 5.92 Å². The lowest BCUT2D eigenvalue weighted by molar-refractivity contribution is 0.405. The molecule has 3 nitrogen and oxygen atoms in total. The molecule has 0 bridgehead atoms. The first-order valence-corrected chi connectivity index (χ1v) is 7.29. The maximum absolute atomic E-state index is 5.46. The summed E-state index contributed by atoms with van der Waals surface area (Å²) in [6, 6.07) is 0. The van der Waals surface area contributed by atoms with Gasteiger partial charge < -0.3 is 10.1 Å². The normalized spacial score (nSPS) is 12.5. The summed E-state index contributed by atoms with van der Waals surface area (Å²) in [5.74, 6) is 1.63. The van der Waals surface area contributed by atoms with E-state index < -0.39 is 0 Å². The topological polar surface area (TPSA) is 34.2 Å². The molecule has 0 fully saturated rings. The molecule has 1 N–H and O–H groups in total. The predicted octanol–water partition coefficient (Wildman–Crippen LogP) is 3.28. The number of aryl methyl sites for hydroxylation is 1. The first-order valence-electron chi connectivity index (χ1n) is 7.29. The van der Waals surface area contributed by atoms with Gasteiger partial charge in [0, 0.05) is 23.0 Å². The molecule has 1 atom stereocenters. The number of nitrogens with zero attached hydrogens (tertiary/aromatic N) is 1. The second kappa shape index (κ2) is 8.16. The van der Waals surface area contributed by atoms with E-state index >= 15 is 0 Å². The largest absolute Gasteiger partial charge is 0.496 e. The Bertz CT molecular complexity index is 391. The van der Waals surface area contributed by atoms with Gasteiger partial charge in [-0.15, -0.1) is 0 Å². The number of pyridine rings is 1. The smallest absolute Gasteiger partial charge is 0.128 e. The molecule has 1 aromatic heterocycles. The molecule has 0 amide bonds. The van der Waals surface area contributed by atoms with Crippen LogP contribution < -0.4 is 10.1 Å². The van der Waals surface area contributed by atoms with Crippen molar-refractivity contribution in [3.63, 3.8) is 0 Å². The van der Waals surface area contributed by atoms with Crippen molar-refractivity contribution >= 4 is 0 Å². The number of rotatable bonds is 8. The Morgan fingerprint density at radius 2 is 2.05 bits per heavy atom. The van der Waals surface area contributed by atoms with Crippen molar-refractivity contribution < 1.29 is 4.74 Å². The fourth-order valence-corrected chi connectivity index (χ4v) is 2.36. The van der Waals surface area contributed by atoms with Gasteiger partial charge in [-0.25, -0.2) is 0 Å². The molecule has 0 spiro atoms. The van der Waals surface area contributed by atoms with Crippen LogP contribution in [-0.4, -0.2) is 25.2 Å². The molecule has 1 rings (SSSR count). The molecule has 19 heavy (non-hydrogen) atoms. The van der Waals surface area contributed by atoms with Crippen molar-refractivity contribution in [3.05, 3.63) is 23.0 Å². The third-order valence-corrected chi connectivity index (χ3v) is 3.53. The number of nitrogens with one attached hydrogen (secondary N) is 1. The summed E-state index contributed by atoms with van der Waals surface area (Å²) < 4.78 is 5.46. The van der Waals surface area contributed by atoms with Crippen LogP contribution in [0.15, 0.2) is 6.20 Å². The zero-order valence-electron chi connectivity index (χ0n) is 13.0. The van der Waals surface area contributed by atoms with Crippen molar-refractivity contribution in [1.29, 1.82) is 0 Å². The van der Waals surface area contributed by atoms with E-state index in [-0.39, 0.29) is 0 Å². The number of hydrogen-bond donors (Lipinski definition) is 1. The zero-order chi connectivity index (χ0) is 14.3. The molecule has 0 aliphatic carbocycles. The molecule has 0 saturated carbocycles. The van der Waals surface area contributed by atoms with Crippen LogP contribution in [0, 0.1) is 19.8 Å². The van der Waals surface area contributed by atoms with E-state index in [9.17, 15) is 0 Å². The average Bonchev–Trinajstić information content (AvgIpc) is 2.39. The molecule has 3 heteroatoms. The van der Waals surface area contributed by atoms with Gasteiger partial charge in [-0.05, 0) is 52.1 Å². The van der Waals surface area contributed by atoms with E-state index in [1.807, 2.05) is 13.1 Å². The fraction of sp³-hybridized carbons (Fsp3) is 0.688. The van der Waals surface area contributed by atoms with Crippen LogP contribution in [0.5, 0.6) is 5.75 Å². The van der Waals surface area contributed by atoms with E-state index in [1.54, 1.807) is 7.11 Å². The van der Waals surface area contributed by atoms with Crippen molar-refractivity contribution in [2.24, 2.45) is 5.92 Å². The Hall–Kier alpha value is -1.09. The summed E-state index contributed by atoms with van der Waals surface area (Å²) >= 11 is 0. The third kappa shape index (κ3) is 4.83.